The molecular weight excluding hydrogens is 320 g/mol. The fraction of sp³-hybridized carbons (Fsp3) is 0.526. The Morgan fingerprint density at radius 1 is 1.04 bits per heavy atom. The van der Waals surface area contributed by atoms with Crippen LogP contribution in [0.3, 0.4) is 0 Å². The van der Waals surface area contributed by atoms with Crippen molar-refractivity contribution in [3.63, 3.8) is 0 Å². The van der Waals surface area contributed by atoms with E-state index in [1.54, 1.807) is 38.1 Å². The average Bonchev–Trinajstić information content (AvgIpc) is 2.62. The molecule has 0 aromatic heterocycles. The highest BCUT2D eigenvalue weighted by atomic mass is 16.5. The average molecular weight is 346 g/mol. The van der Waals surface area contributed by atoms with Crippen molar-refractivity contribution in [1.82, 2.24) is 5.32 Å². The number of para-hydroxylation sites is 1. The number of rotatable bonds is 5. The van der Waals surface area contributed by atoms with Crippen LogP contribution in [0.1, 0.15) is 56.3 Å². The smallest absolute Gasteiger partial charge is 0.339 e. The molecule has 2 rings (SSSR count). The molecule has 1 aliphatic carbocycles. The van der Waals surface area contributed by atoms with Gasteiger partial charge in [-0.2, -0.15) is 0 Å². The lowest BCUT2D eigenvalue weighted by atomic mass is 9.88. The second kappa shape index (κ2) is 8.14. The quantitative estimate of drug-likeness (QED) is 0.634. The first-order chi connectivity index (χ1) is 11.9. The first kappa shape index (κ1) is 19.0. The van der Waals surface area contributed by atoms with Crippen LogP contribution in [0.4, 0.5) is 5.69 Å². The van der Waals surface area contributed by atoms with Crippen LogP contribution in [-0.2, 0) is 14.3 Å². The molecule has 0 atom stereocenters. The van der Waals surface area contributed by atoms with E-state index in [1.807, 2.05) is 0 Å². The van der Waals surface area contributed by atoms with Gasteiger partial charge in [-0.3, -0.25) is 9.59 Å². The zero-order valence-electron chi connectivity index (χ0n) is 15.1. The molecular formula is C19H26N2O4. The highest BCUT2D eigenvalue weighted by Crippen LogP contribution is 2.24. The predicted molar refractivity (Wildman–Crippen MR) is 95.2 cm³/mol. The Balaban J connectivity index is 2.08. The highest BCUT2D eigenvalue weighted by Gasteiger charge is 2.37. The third-order valence-electron chi connectivity index (χ3n) is 4.66. The normalized spacial score (nSPS) is 15.3. The maximum atomic E-state index is 12.7. The standard InChI is InChI=1S/C19H26N2O4/c1-19(2,17(23)20-13-9-5-4-6-10-13)18(24)21-15-12-8-7-11-14(15)16(22)25-3/h7-8,11-13H,4-6,9-10H2,1-3H3,(H,20,23)(H,21,24). The predicted octanol–water partition coefficient (Wildman–Crippen LogP) is 2.89. The van der Waals surface area contributed by atoms with Gasteiger partial charge in [0.05, 0.1) is 18.4 Å². The van der Waals surface area contributed by atoms with E-state index in [4.69, 9.17) is 4.74 Å². The molecule has 6 heteroatoms. The second-order valence-corrected chi connectivity index (χ2v) is 6.92. The van der Waals surface area contributed by atoms with Gasteiger partial charge in [-0.05, 0) is 38.8 Å². The lowest BCUT2D eigenvalue weighted by molar-refractivity contribution is -0.139. The van der Waals surface area contributed by atoms with E-state index in [2.05, 4.69) is 10.6 Å². The molecule has 6 nitrogen and oxygen atoms in total. The Morgan fingerprint density at radius 3 is 2.32 bits per heavy atom. The number of hydrogen-bond acceptors (Lipinski definition) is 4. The van der Waals surface area contributed by atoms with E-state index >= 15 is 0 Å². The molecule has 2 amide bonds. The molecule has 1 aromatic rings. The summed E-state index contributed by atoms with van der Waals surface area (Å²) >= 11 is 0. The summed E-state index contributed by atoms with van der Waals surface area (Å²) in [5, 5.41) is 5.67. The van der Waals surface area contributed by atoms with Crippen molar-refractivity contribution in [2.75, 3.05) is 12.4 Å². The number of methoxy groups -OCH3 is 1. The topological polar surface area (TPSA) is 84.5 Å². The minimum absolute atomic E-state index is 0.135. The number of nitrogens with one attached hydrogen (secondary N) is 2. The van der Waals surface area contributed by atoms with Crippen LogP contribution in [0.5, 0.6) is 0 Å². The van der Waals surface area contributed by atoms with Gasteiger partial charge in [0.15, 0.2) is 0 Å². The Morgan fingerprint density at radius 2 is 1.68 bits per heavy atom. The number of anilines is 1. The van der Waals surface area contributed by atoms with Crippen LogP contribution in [0.25, 0.3) is 0 Å². The van der Waals surface area contributed by atoms with Gasteiger partial charge in [0.25, 0.3) is 0 Å². The van der Waals surface area contributed by atoms with Crippen molar-refractivity contribution in [2.45, 2.75) is 52.0 Å². The van der Waals surface area contributed by atoms with Crippen LogP contribution in [-0.4, -0.2) is 30.9 Å². The van der Waals surface area contributed by atoms with E-state index in [9.17, 15) is 14.4 Å². The lowest BCUT2D eigenvalue weighted by Gasteiger charge is -2.28. The first-order valence-electron chi connectivity index (χ1n) is 8.66. The number of benzene rings is 1. The van der Waals surface area contributed by atoms with Crippen LogP contribution in [0.15, 0.2) is 24.3 Å². The van der Waals surface area contributed by atoms with E-state index in [-0.39, 0.29) is 17.5 Å². The molecule has 1 aliphatic rings. The molecule has 0 heterocycles. The van der Waals surface area contributed by atoms with Crippen molar-refractivity contribution in [3.8, 4) is 0 Å². The molecule has 0 aliphatic heterocycles. The molecule has 0 unspecified atom stereocenters. The van der Waals surface area contributed by atoms with E-state index in [0.717, 1.165) is 25.7 Å². The molecule has 0 bridgehead atoms. The minimum Gasteiger partial charge on any atom is -0.465 e. The number of esters is 1. The van der Waals surface area contributed by atoms with Gasteiger partial charge in [-0.15, -0.1) is 0 Å². The molecule has 0 saturated heterocycles. The number of ether oxygens (including phenoxy) is 1. The molecule has 2 N–H and O–H groups in total. The summed E-state index contributed by atoms with van der Waals surface area (Å²) in [6, 6.07) is 6.70. The van der Waals surface area contributed by atoms with Gasteiger partial charge >= 0.3 is 5.97 Å². The summed E-state index contributed by atoms with van der Waals surface area (Å²) in [5.74, 6) is -1.30. The maximum Gasteiger partial charge on any atom is 0.339 e. The molecule has 0 spiro atoms. The fourth-order valence-corrected chi connectivity index (χ4v) is 2.87. The number of carbonyl (C=O) groups is 3. The fourth-order valence-electron chi connectivity index (χ4n) is 2.87. The number of hydrogen-bond donors (Lipinski definition) is 2. The Hall–Kier alpha value is -2.37. The lowest BCUT2D eigenvalue weighted by Crippen LogP contribution is -2.49. The van der Waals surface area contributed by atoms with Gasteiger partial charge in [0.2, 0.25) is 11.8 Å². The largest absolute Gasteiger partial charge is 0.465 e. The molecule has 1 aromatic carbocycles. The van der Waals surface area contributed by atoms with Gasteiger partial charge in [-0.1, -0.05) is 31.4 Å². The van der Waals surface area contributed by atoms with Gasteiger partial charge < -0.3 is 15.4 Å². The SMILES string of the molecule is COC(=O)c1ccccc1NC(=O)C(C)(C)C(=O)NC1CCCCC1. The summed E-state index contributed by atoms with van der Waals surface area (Å²) < 4.78 is 4.72. The molecule has 1 saturated carbocycles. The third-order valence-corrected chi connectivity index (χ3v) is 4.66. The van der Waals surface area contributed by atoms with Crippen molar-refractivity contribution in [1.29, 1.82) is 0 Å². The summed E-state index contributed by atoms with van der Waals surface area (Å²) in [6.45, 7) is 3.17. The first-order valence-corrected chi connectivity index (χ1v) is 8.66. The maximum absolute atomic E-state index is 12.7. The molecule has 136 valence electrons. The number of carbonyl (C=O) groups excluding carboxylic acids is 3. The van der Waals surface area contributed by atoms with Crippen molar-refractivity contribution < 1.29 is 19.1 Å². The van der Waals surface area contributed by atoms with Gasteiger partial charge in [0.1, 0.15) is 5.41 Å². The Bertz CT molecular complexity index is 649. The summed E-state index contributed by atoms with van der Waals surface area (Å²) in [6.07, 6.45) is 5.30. The van der Waals surface area contributed by atoms with E-state index < -0.39 is 17.3 Å². The summed E-state index contributed by atoms with van der Waals surface area (Å²) in [7, 11) is 1.28. The molecule has 25 heavy (non-hydrogen) atoms. The third kappa shape index (κ3) is 4.59. The number of amides is 2. The van der Waals surface area contributed by atoms with Crippen molar-refractivity contribution in [3.05, 3.63) is 29.8 Å². The Kier molecular flexibility index (Phi) is 6.17. The molecule has 1 fully saturated rings. The highest BCUT2D eigenvalue weighted by molar-refractivity contribution is 6.11. The van der Waals surface area contributed by atoms with E-state index in [0.29, 0.717) is 5.69 Å². The zero-order valence-corrected chi connectivity index (χ0v) is 15.1. The zero-order chi connectivity index (χ0) is 18.4. The minimum atomic E-state index is -1.25. The van der Waals surface area contributed by atoms with Crippen LogP contribution < -0.4 is 10.6 Å². The van der Waals surface area contributed by atoms with E-state index in [1.165, 1.54) is 13.5 Å². The van der Waals surface area contributed by atoms with Crippen molar-refractivity contribution >= 4 is 23.5 Å². The monoisotopic (exact) mass is 346 g/mol. The molecule has 0 radical (unpaired) electrons. The Labute approximate surface area is 148 Å². The van der Waals surface area contributed by atoms with Crippen LogP contribution in [0, 0.1) is 5.41 Å². The van der Waals surface area contributed by atoms with Crippen LogP contribution in [0.2, 0.25) is 0 Å². The van der Waals surface area contributed by atoms with Gasteiger partial charge in [-0.25, -0.2) is 4.79 Å². The van der Waals surface area contributed by atoms with Crippen molar-refractivity contribution in [2.24, 2.45) is 5.41 Å². The van der Waals surface area contributed by atoms with Gasteiger partial charge in [0, 0.05) is 6.04 Å². The summed E-state index contributed by atoms with van der Waals surface area (Å²) in [5.41, 5.74) is -0.666. The summed E-state index contributed by atoms with van der Waals surface area (Å²) in [4.78, 5) is 37.0. The second-order valence-electron chi connectivity index (χ2n) is 6.92. The van der Waals surface area contributed by atoms with Crippen LogP contribution >= 0.6 is 0 Å².